The number of aliphatic hydroxyl groups is 1. The third-order valence-electron chi connectivity index (χ3n) is 7.25. The molecule has 1 amide bonds. The number of aliphatic hydroxyl groups excluding tert-OH is 1. The number of alkyl halides is 3. The SMILES string of the molecule is COC(=O)N1CCC(Nc2nc(-c3cc(OC[C@H](O)C(C)N)ccc3C(F)(F)F)nc(-c3c(C)noc3C)c2C)CC1. The molecule has 0 spiro atoms. The molecule has 0 aliphatic carbocycles. The number of piperidine rings is 1. The topological polar surface area (TPSA) is 149 Å². The standard InChI is InChI=1S/C28H35F3N6O5/c1-14-24(23-16(3)36-42-17(23)4)34-26(35-25(14)33-18-8-10-37(11-9-18)27(39)40-5)20-12-19(41-13-22(38)15(2)32)6-7-21(20)28(29,30)31/h6-7,12,15,18,22,38H,8-11,13,32H2,1-5H3,(H,33,34,35)/t15?,22-/m0/s1. The molecular formula is C28H35F3N6O5. The van der Waals surface area contributed by atoms with E-state index in [-0.39, 0.29) is 29.8 Å². The molecule has 11 nitrogen and oxygen atoms in total. The predicted octanol–water partition coefficient (Wildman–Crippen LogP) is 4.47. The lowest BCUT2D eigenvalue weighted by Crippen LogP contribution is -2.42. The number of aryl methyl sites for hydroxylation is 2. The first-order chi connectivity index (χ1) is 19.8. The Morgan fingerprint density at radius 1 is 1.24 bits per heavy atom. The summed E-state index contributed by atoms with van der Waals surface area (Å²) in [6, 6.07) is 2.58. The van der Waals surface area contributed by atoms with Crippen LogP contribution in [-0.2, 0) is 10.9 Å². The largest absolute Gasteiger partial charge is 0.491 e. The van der Waals surface area contributed by atoms with E-state index >= 15 is 0 Å². The van der Waals surface area contributed by atoms with Crippen molar-refractivity contribution in [2.24, 2.45) is 5.73 Å². The zero-order valence-electron chi connectivity index (χ0n) is 24.1. The van der Waals surface area contributed by atoms with E-state index in [1.54, 1.807) is 32.6 Å². The first kappa shape index (κ1) is 31.0. The van der Waals surface area contributed by atoms with Gasteiger partial charge in [-0.1, -0.05) is 5.16 Å². The van der Waals surface area contributed by atoms with E-state index in [1.165, 1.54) is 19.2 Å². The second-order valence-corrected chi connectivity index (χ2v) is 10.4. The van der Waals surface area contributed by atoms with E-state index in [0.29, 0.717) is 60.0 Å². The number of rotatable bonds is 8. The number of hydrogen-bond acceptors (Lipinski definition) is 10. The van der Waals surface area contributed by atoms with Crippen LogP contribution < -0.4 is 15.8 Å². The van der Waals surface area contributed by atoms with Crippen LogP contribution in [0, 0.1) is 20.8 Å². The smallest absolute Gasteiger partial charge is 0.417 e. The summed E-state index contributed by atoms with van der Waals surface area (Å²) in [4.78, 5) is 22.7. The number of carbonyl (C=O) groups is 1. The van der Waals surface area contributed by atoms with Crippen LogP contribution in [0.15, 0.2) is 22.7 Å². The maximum atomic E-state index is 14.2. The van der Waals surface area contributed by atoms with E-state index in [9.17, 15) is 23.1 Å². The number of nitrogens with two attached hydrogens (primary N) is 1. The van der Waals surface area contributed by atoms with E-state index in [4.69, 9.17) is 19.7 Å². The summed E-state index contributed by atoms with van der Waals surface area (Å²) in [5.41, 5.74) is 6.49. The molecule has 3 heterocycles. The summed E-state index contributed by atoms with van der Waals surface area (Å²) < 4.78 is 58.4. The average molecular weight is 593 g/mol. The van der Waals surface area contributed by atoms with Gasteiger partial charge in [0.2, 0.25) is 0 Å². The summed E-state index contributed by atoms with van der Waals surface area (Å²) in [7, 11) is 1.32. The second kappa shape index (κ2) is 12.5. The number of nitrogens with one attached hydrogen (secondary N) is 1. The highest BCUT2D eigenvalue weighted by Crippen LogP contribution is 2.40. The van der Waals surface area contributed by atoms with Gasteiger partial charge in [-0.15, -0.1) is 0 Å². The second-order valence-electron chi connectivity index (χ2n) is 10.4. The molecule has 4 rings (SSSR count). The summed E-state index contributed by atoms with van der Waals surface area (Å²) in [5, 5.41) is 17.4. The molecule has 3 aromatic rings. The van der Waals surface area contributed by atoms with Gasteiger partial charge in [-0.2, -0.15) is 13.2 Å². The van der Waals surface area contributed by atoms with Gasteiger partial charge in [0.25, 0.3) is 0 Å². The number of carbonyl (C=O) groups excluding carboxylic acids is 1. The molecule has 1 fully saturated rings. The lowest BCUT2D eigenvalue weighted by molar-refractivity contribution is -0.137. The van der Waals surface area contributed by atoms with Gasteiger partial charge in [-0.05, 0) is 58.7 Å². The van der Waals surface area contributed by atoms with Gasteiger partial charge in [0.15, 0.2) is 5.82 Å². The number of ether oxygens (including phenoxy) is 2. The number of nitrogens with zero attached hydrogens (tertiary/aromatic N) is 4. The van der Waals surface area contributed by atoms with E-state index in [2.05, 4.69) is 20.4 Å². The van der Waals surface area contributed by atoms with Crippen molar-refractivity contribution in [2.75, 3.05) is 32.1 Å². The highest BCUT2D eigenvalue weighted by atomic mass is 19.4. The molecule has 2 atom stereocenters. The Morgan fingerprint density at radius 2 is 1.93 bits per heavy atom. The zero-order valence-corrected chi connectivity index (χ0v) is 24.1. The molecule has 14 heteroatoms. The van der Waals surface area contributed by atoms with Crippen molar-refractivity contribution in [3.8, 4) is 28.4 Å². The predicted molar refractivity (Wildman–Crippen MR) is 148 cm³/mol. The monoisotopic (exact) mass is 592 g/mol. The number of benzene rings is 1. The van der Waals surface area contributed by atoms with Crippen molar-refractivity contribution in [3.05, 3.63) is 40.8 Å². The molecule has 4 N–H and O–H groups in total. The van der Waals surface area contributed by atoms with Crippen LogP contribution in [0.25, 0.3) is 22.6 Å². The van der Waals surface area contributed by atoms with E-state index in [0.717, 1.165) is 6.07 Å². The van der Waals surface area contributed by atoms with Crippen LogP contribution in [0.2, 0.25) is 0 Å². The van der Waals surface area contributed by atoms with Gasteiger partial charge in [0, 0.05) is 36.3 Å². The normalized spacial score (nSPS) is 15.8. The summed E-state index contributed by atoms with van der Waals surface area (Å²) in [5.74, 6) is 0.704. The Bertz CT molecular complexity index is 1400. The Balaban J connectivity index is 1.80. The van der Waals surface area contributed by atoms with Crippen molar-refractivity contribution in [3.63, 3.8) is 0 Å². The highest BCUT2D eigenvalue weighted by Gasteiger charge is 2.35. The summed E-state index contributed by atoms with van der Waals surface area (Å²) in [6.07, 6.45) is -4.99. The Kier molecular flexibility index (Phi) is 9.26. The maximum absolute atomic E-state index is 14.2. The minimum Gasteiger partial charge on any atom is -0.491 e. The number of aromatic nitrogens is 3. The quantitative estimate of drug-likeness (QED) is 0.342. The molecule has 42 heavy (non-hydrogen) atoms. The molecule has 1 unspecified atom stereocenters. The number of methoxy groups -OCH3 is 1. The fourth-order valence-electron chi connectivity index (χ4n) is 4.75. The van der Waals surface area contributed by atoms with Gasteiger partial charge in [-0.3, -0.25) is 0 Å². The molecule has 0 saturated carbocycles. The molecule has 228 valence electrons. The van der Waals surface area contributed by atoms with Crippen LogP contribution in [0.4, 0.5) is 23.8 Å². The van der Waals surface area contributed by atoms with Crippen molar-refractivity contribution < 1.29 is 37.1 Å². The number of hydrogen-bond donors (Lipinski definition) is 3. The fraction of sp³-hybridized carbons (Fsp3) is 0.500. The summed E-state index contributed by atoms with van der Waals surface area (Å²) >= 11 is 0. The molecule has 1 aliphatic heterocycles. The third kappa shape index (κ3) is 6.76. The van der Waals surface area contributed by atoms with E-state index < -0.39 is 30.0 Å². The van der Waals surface area contributed by atoms with Gasteiger partial charge >= 0.3 is 12.3 Å². The van der Waals surface area contributed by atoms with Crippen molar-refractivity contribution in [2.45, 2.75) is 64.9 Å². The van der Waals surface area contributed by atoms with Crippen LogP contribution >= 0.6 is 0 Å². The molecular weight excluding hydrogens is 557 g/mol. The van der Waals surface area contributed by atoms with Crippen LogP contribution in [0.5, 0.6) is 5.75 Å². The maximum Gasteiger partial charge on any atom is 0.417 e. The van der Waals surface area contributed by atoms with Gasteiger partial charge in [-0.25, -0.2) is 14.8 Å². The average Bonchev–Trinajstić information content (AvgIpc) is 3.29. The number of amides is 1. The first-order valence-corrected chi connectivity index (χ1v) is 13.5. The van der Waals surface area contributed by atoms with Crippen molar-refractivity contribution in [1.29, 1.82) is 0 Å². The van der Waals surface area contributed by atoms with Crippen LogP contribution in [0.3, 0.4) is 0 Å². The third-order valence-corrected chi connectivity index (χ3v) is 7.25. The molecule has 1 aliphatic rings. The number of likely N-dealkylation sites (tertiary alicyclic amines) is 1. The Labute approximate surface area is 241 Å². The minimum atomic E-state index is -4.72. The van der Waals surface area contributed by atoms with Crippen LogP contribution in [0.1, 0.15) is 42.3 Å². The van der Waals surface area contributed by atoms with E-state index in [1.807, 2.05) is 0 Å². The Hall–Kier alpha value is -3.91. The van der Waals surface area contributed by atoms with Gasteiger partial charge in [0.1, 0.15) is 30.0 Å². The fourth-order valence-corrected chi connectivity index (χ4v) is 4.75. The lowest BCUT2D eigenvalue weighted by atomic mass is 10.0. The van der Waals surface area contributed by atoms with Gasteiger partial charge < -0.3 is 35.1 Å². The van der Waals surface area contributed by atoms with Crippen molar-refractivity contribution >= 4 is 11.9 Å². The number of anilines is 1. The molecule has 1 saturated heterocycles. The van der Waals surface area contributed by atoms with Crippen molar-refractivity contribution in [1.82, 2.24) is 20.0 Å². The molecule has 0 radical (unpaired) electrons. The number of halogens is 3. The molecule has 0 bridgehead atoms. The van der Waals surface area contributed by atoms with Gasteiger partial charge in [0.05, 0.1) is 29.6 Å². The first-order valence-electron chi connectivity index (χ1n) is 13.5. The Morgan fingerprint density at radius 3 is 2.50 bits per heavy atom. The molecule has 2 aromatic heterocycles. The van der Waals surface area contributed by atoms with Crippen LogP contribution in [-0.4, -0.2) is 76.2 Å². The lowest BCUT2D eigenvalue weighted by Gasteiger charge is -2.32. The zero-order chi connectivity index (χ0) is 30.8. The minimum absolute atomic E-state index is 0.0884. The highest BCUT2D eigenvalue weighted by molar-refractivity contribution is 5.76. The molecule has 1 aromatic carbocycles. The summed E-state index contributed by atoms with van der Waals surface area (Å²) in [6.45, 7) is 7.48.